The highest BCUT2D eigenvalue weighted by Gasteiger charge is 2.16. The first-order valence-corrected chi connectivity index (χ1v) is 11.7. The van der Waals surface area contributed by atoms with Gasteiger partial charge in [-0.1, -0.05) is 62.4 Å². The third kappa shape index (κ3) is 6.06. The Morgan fingerprint density at radius 3 is 2.54 bits per heavy atom. The Morgan fingerprint density at radius 2 is 1.86 bits per heavy atom. The van der Waals surface area contributed by atoms with Gasteiger partial charge in [0.05, 0.1) is 6.61 Å². The zero-order chi connectivity index (χ0) is 24.6. The van der Waals surface area contributed by atoms with E-state index in [9.17, 15) is 4.79 Å². The van der Waals surface area contributed by atoms with Gasteiger partial charge >= 0.3 is 5.97 Å². The first-order valence-electron chi connectivity index (χ1n) is 11.7. The van der Waals surface area contributed by atoms with Gasteiger partial charge < -0.3 is 10.1 Å². The normalized spacial score (nSPS) is 11.0. The van der Waals surface area contributed by atoms with Crippen LogP contribution in [0.2, 0.25) is 0 Å². The van der Waals surface area contributed by atoms with Crippen molar-refractivity contribution in [2.45, 2.75) is 40.2 Å². The second-order valence-electron chi connectivity index (χ2n) is 8.55. The predicted molar refractivity (Wildman–Crippen MR) is 134 cm³/mol. The van der Waals surface area contributed by atoms with E-state index in [1.54, 1.807) is 13.1 Å². The number of aromatic nitrogens is 6. The van der Waals surface area contributed by atoms with Crippen LogP contribution in [0.5, 0.6) is 0 Å². The lowest BCUT2D eigenvalue weighted by Crippen LogP contribution is -2.14. The average molecular weight is 472 g/mol. The van der Waals surface area contributed by atoms with Crippen molar-refractivity contribution in [3.63, 3.8) is 0 Å². The molecule has 0 fully saturated rings. The van der Waals surface area contributed by atoms with E-state index in [-0.39, 0.29) is 0 Å². The molecule has 35 heavy (non-hydrogen) atoms. The smallest absolute Gasteiger partial charge is 0.343 e. The summed E-state index contributed by atoms with van der Waals surface area (Å²) in [5, 5.41) is 17.5. The molecule has 0 bridgehead atoms. The highest BCUT2D eigenvalue weighted by Crippen LogP contribution is 2.29. The van der Waals surface area contributed by atoms with Gasteiger partial charge in [0.15, 0.2) is 5.82 Å². The number of aromatic amines is 1. The van der Waals surface area contributed by atoms with Gasteiger partial charge in [-0.05, 0) is 46.4 Å². The van der Waals surface area contributed by atoms with Gasteiger partial charge in [0.2, 0.25) is 0 Å². The number of carbonyl (C=O) groups is 1. The quantitative estimate of drug-likeness (QED) is 0.320. The molecule has 0 atom stereocenters. The lowest BCUT2D eigenvalue weighted by atomic mass is 9.98. The van der Waals surface area contributed by atoms with E-state index in [4.69, 9.17) is 4.74 Å². The molecule has 2 aromatic carbocycles. The number of carbonyl (C=O) groups excluding carboxylic acids is 1. The van der Waals surface area contributed by atoms with Crippen molar-refractivity contribution < 1.29 is 9.53 Å². The topological polar surface area (TPSA) is 119 Å². The fourth-order valence-corrected chi connectivity index (χ4v) is 3.65. The zero-order valence-corrected chi connectivity index (χ0v) is 20.2. The standard InChI is InChI=1S/C26H29N7O2/c1-4-35-26(34)22-16-27-23(14-9-17(2)3)29-24(22)28-15-18-10-12-19(13-11-18)20-7-5-6-8-21(20)25-30-32-33-31-25/h5-8,10-13,16-17H,4,9,14-15H2,1-3H3,(H,27,28,29)(H,30,31,32,33). The zero-order valence-electron chi connectivity index (χ0n) is 20.2. The summed E-state index contributed by atoms with van der Waals surface area (Å²) < 4.78 is 5.19. The number of anilines is 1. The van der Waals surface area contributed by atoms with Gasteiger partial charge in [-0.2, -0.15) is 0 Å². The molecule has 0 amide bonds. The largest absolute Gasteiger partial charge is 0.462 e. The van der Waals surface area contributed by atoms with E-state index < -0.39 is 5.97 Å². The van der Waals surface area contributed by atoms with Crippen molar-refractivity contribution in [3.8, 4) is 22.5 Å². The molecule has 4 rings (SSSR count). The van der Waals surface area contributed by atoms with Crippen LogP contribution < -0.4 is 5.32 Å². The van der Waals surface area contributed by atoms with Crippen molar-refractivity contribution in [2.75, 3.05) is 11.9 Å². The number of hydrogen-bond donors (Lipinski definition) is 2. The molecular weight excluding hydrogens is 442 g/mol. The number of nitrogens with zero attached hydrogens (tertiary/aromatic N) is 5. The Bertz CT molecular complexity index is 1260. The molecule has 0 radical (unpaired) electrons. The summed E-state index contributed by atoms with van der Waals surface area (Å²) >= 11 is 0. The van der Waals surface area contributed by atoms with Crippen molar-refractivity contribution in [3.05, 3.63) is 71.7 Å². The molecule has 9 heteroatoms. The van der Waals surface area contributed by atoms with Gasteiger partial charge in [0.1, 0.15) is 17.2 Å². The number of tetrazole rings is 1. The third-order valence-corrected chi connectivity index (χ3v) is 5.53. The maximum absolute atomic E-state index is 12.4. The van der Waals surface area contributed by atoms with E-state index in [0.29, 0.717) is 42.1 Å². The molecule has 2 aromatic heterocycles. The Kier molecular flexibility index (Phi) is 7.77. The molecule has 2 heterocycles. The Labute approximate surface area is 204 Å². The van der Waals surface area contributed by atoms with Gasteiger partial charge in [0.25, 0.3) is 0 Å². The van der Waals surface area contributed by atoms with Crippen molar-refractivity contribution in [2.24, 2.45) is 5.92 Å². The van der Waals surface area contributed by atoms with Crippen molar-refractivity contribution in [1.82, 2.24) is 30.6 Å². The molecule has 180 valence electrons. The first-order chi connectivity index (χ1) is 17.0. The summed E-state index contributed by atoms with van der Waals surface area (Å²) in [4.78, 5) is 21.4. The summed E-state index contributed by atoms with van der Waals surface area (Å²) in [6.07, 6.45) is 3.29. The molecule has 4 aromatic rings. The fraction of sp³-hybridized carbons (Fsp3) is 0.308. The van der Waals surface area contributed by atoms with Crippen molar-refractivity contribution >= 4 is 11.8 Å². The number of hydrogen-bond acceptors (Lipinski definition) is 8. The van der Waals surface area contributed by atoms with Crippen LogP contribution >= 0.6 is 0 Å². The third-order valence-electron chi connectivity index (χ3n) is 5.53. The average Bonchev–Trinajstić information content (AvgIpc) is 3.42. The highest BCUT2D eigenvalue weighted by atomic mass is 16.5. The highest BCUT2D eigenvalue weighted by molar-refractivity contribution is 5.94. The lowest BCUT2D eigenvalue weighted by molar-refractivity contribution is 0.0526. The Balaban J connectivity index is 1.52. The number of nitrogens with one attached hydrogen (secondary N) is 2. The Morgan fingerprint density at radius 1 is 1.09 bits per heavy atom. The molecule has 0 spiro atoms. The van der Waals surface area contributed by atoms with E-state index in [0.717, 1.165) is 35.1 Å². The minimum absolute atomic E-state index is 0.292. The number of esters is 1. The maximum atomic E-state index is 12.4. The first kappa shape index (κ1) is 24.0. The molecule has 9 nitrogen and oxygen atoms in total. The van der Waals surface area contributed by atoms with Gasteiger partial charge in [-0.25, -0.2) is 19.9 Å². The van der Waals surface area contributed by atoms with Crippen LogP contribution in [0.25, 0.3) is 22.5 Å². The molecule has 2 N–H and O–H groups in total. The molecule has 0 aliphatic rings. The van der Waals surface area contributed by atoms with E-state index >= 15 is 0 Å². The Hall–Kier alpha value is -4.14. The van der Waals surface area contributed by atoms with Crippen LogP contribution in [-0.4, -0.2) is 43.2 Å². The minimum atomic E-state index is -0.431. The summed E-state index contributed by atoms with van der Waals surface area (Å²) in [5.41, 5.74) is 4.39. The van der Waals surface area contributed by atoms with Crippen LogP contribution in [0, 0.1) is 5.92 Å². The van der Waals surface area contributed by atoms with E-state index in [2.05, 4.69) is 61.9 Å². The molecule has 0 aliphatic carbocycles. The number of H-pyrrole nitrogens is 1. The van der Waals surface area contributed by atoms with Gasteiger partial charge in [-0.3, -0.25) is 0 Å². The SMILES string of the molecule is CCOC(=O)c1cnc(CCC(C)C)nc1NCc1ccc(-c2ccccc2-c2nnn[nH]2)cc1. The second-order valence-corrected chi connectivity index (χ2v) is 8.55. The summed E-state index contributed by atoms with van der Waals surface area (Å²) in [7, 11) is 0. The summed E-state index contributed by atoms with van der Waals surface area (Å²) in [6, 6.07) is 16.2. The number of ether oxygens (including phenoxy) is 1. The number of aryl methyl sites for hydroxylation is 1. The van der Waals surface area contributed by atoms with Gasteiger partial charge in [0, 0.05) is 24.7 Å². The van der Waals surface area contributed by atoms with E-state index in [1.165, 1.54) is 0 Å². The predicted octanol–water partition coefficient (Wildman–Crippen LogP) is 4.70. The monoisotopic (exact) mass is 471 g/mol. The van der Waals surface area contributed by atoms with Crippen molar-refractivity contribution in [1.29, 1.82) is 0 Å². The summed E-state index contributed by atoms with van der Waals surface area (Å²) in [5.74, 6) is 1.94. The lowest BCUT2D eigenvalue weighted by Gasteiger charge is -2.13. The van der Waals surface area contributed by atoms with Crippen LogP contribution in [0.3, 0.4) is 0 Å². The molecule has 0 saturated carbocycles. The van der Waals surface area contributed by atoms with Crippen LogP contribution in [0.1, 0.15) is 48.9 Å². The molecule has 0 unspecified atom stereocenters. The molecule has 0 aliphatic heterocycles. The second kappa shape index (κ2) is 11.3. The van der Waals surface area contributed by atoms with Crippen LogP contribution in [0.4, 0.5) is 5.82 Å². The van der Waals surface area contributed by atoms with E-state index in [1.807, 2.05) is 36.4 Å². The minimum Gasteiger partial charge on any atom is -0.462 e. The number of benzene rings is 2. The fourth-order valence-electron chi connectivity index (χ4n) is 3.65. The van der Waals surface area contributed by atoms with Crippen LogP contribution in [-0.2, 0) is 17.7 Å². The molecular formula is C26H29N7O2. The number of rotatable bonds is 10. The maximum Gasteiger partial charge on any atom is 0.343 e. The molecule has 0 saturated heterocycles. The van der Waals surface area contributed by atoms with Gasteiger partial charge in [-0.15, -0.1) is 5.10 Å². The van der Waals surface area contributed by atoms with Crippen LogP contribution in [0.15, 0.2) is 54.7 Å². The summed E-state index contributed by atoms with van der Waals surface area (Å²) in [6.45, 7) is 6.90.